The molecule has 1 aromatic rings. The van der Waals surface area contributed by atoms with Gasteiger partial charge in [0.15, 0.2) is 0 Å². The highest BCUT2D eigenvalue weighted by molar-refractivity contribution is 7.09. The molecule has 4 nitrogen and oxygen atoms in total. The highest BCUT2D eigenvalue weighted by atomic mass is 32.1. The minimum absolute atomic E-state index is 0.195. The van der Waals surface area contributed by atoms with Gasteiger partial charge in [-0.25, -0.2) is 4.98 Å². The molecule has 0 radical (unpaired) electrons. The fraction of sp³-hybridized carbons (Fsp3) is 0.750. The van der Waals surface area contributed by atoms with Crippen LogP contribution in [0.1, 0.15) is 30.3 Å². The van der Waals surface area contributed by atoms with Crippen LogP contribution in [0.5, 0.6) is 0 Å². The van der Waals surface area contributed by atoms with Crippen molar-refractivity contribution in [1.29, 1.82) is 0 Å². The number of hydrogen-bond donors (Lipinski definition) is 1. The van der Waals surface area contributed by atoms with E-state index in [0.29, 0.717) is 0 Å². The zero-order valence-electron chi connectivity index (χ0n) is 10.3. The zero-order valence-corrected chi connectivity index (χ0v) is 11.2. The van der Waals surface area contributed by atoms with Crippen molar-refractivity contribution < 1.29 is 4.74 Å². The zero-order chi connectivity index (χ0) is 12.1. The average molecular weight is 255 g/mol. The lowest BCUT2D eigenvalue weighted by molar-refractivity contribution is 0.115. The number of nitrogens with two attached hydrogens (primary N) is 1. The molecule has 5 heteroatoms. The van der Waals surface area contributed by atoms with Crippen molar-refractivity contribution in [2.24, 2.45) is 5.73 Å². The lowest BCUT2D eigenvalue weighted by atomic mass is 10.0. The first kappa shape index (κ1) is 13.0. The summed E-state index contributed by atoms with van der Waals surface area (Å²) in [5.74, 6) is 0. The molecular weight excluding hydrogens is 234 g/mol. The molecule has 1 fully saturated rings. The second-order valence-electron chi connectivity index (χ2n) is 4.50. The summed E-state index contributed by atoms with van der Waals surface area (Å²) in [6.07, 6.45) is 5.39. The molecule has 2 rings (SSSR count). The normalized spacial score (nSPS) is 26.9. The van der Waals surface area contributed by atoms with E-state index in [9.17, 15) is 0 Å². The highest BCUT2D eigenvalue weighted by Gasteiger charge is 2.30. The van der Waals surface area contributed by atoms with E-state index in [4.69, 9.17) is 10.5 Å². The Morgan fingerprint density at radius 2 is 2.47 bits per heavy atom. The monoisotopic (exact) mass is 255 g/mol. The fourth-order valence-corrected chi connectivity index (χ4v) is 3.29. The van der Waals surface area contributed by atoms with E-state index in [1.54, 1.807) is 18.4 Å². The number of rotatable bonds is 4. The predicted octanol–water partition coefficient (Wildman–Crippen LogP) is 1.64. The summed E-state index contributed by atoms with van der Waals surface area (Å²) in [4.78, 5) is 6.88. The van der Waals surface area contributed by atoms with Crippen LogP contribution in [0.3, 0.4) is 0 Å². The van der Waals surface area contributed by atoms with E-state index in [1.165, 1.54) is 12.8 Å². The van der Waals surface area contributed by atoms with Crippen molar-refractivity contribution in [1.82, 2.24) is 9.88 Å². The first-order valence-corrected chi connectivity index (χ1v) is 7.09. The number of hydrogen-bond acceptors (Lipinski definition) is 5. The van der Waals surface area contributed by atoms with Crippen molar-refractivity contribution in [2.75, 3.05) is 26.8 Å². The molecule has 0 aromatic carbocycles. The van der Waals surface area contributed by atoms with Gasteiger partial charge in [-0.05, 0) is 19.4 Å². The molecule has 2 atom stereocenters. The summed E-state index contributed by atoms with van der Waals surface area (Å²) >= 11 is 1.71. The maximum atomic E-state index is 6.32. The molecule has 0 amide bonds. The molecule has 2 heterocycles. The van der Waals surface area contributed by atoms with E-state index < -0.39 is 0 Å². The average Bonchev–Trinajstić information content (AvgIpc) is 2.78. The summed E-state index contributed by atoms with van der Waals surface area (Å²) in [5.41, 5.74) is 6.32. The van der Waals surface area contributed by atoms with Crippen molar-refractivity contribution in [3.63, 3.8) is 0 Å². The first-order valence-electron chi connectivity index (χ1n) is 6.21. The molecule has 1 aliphatic rings. The molecular formula is C12H21N3OS. The van der Waals surface area contributed by atoms with E-state index in [-0.39, 0.29) is 12.1 Å². The summed E-state index contributed by atoms with van der Waals surface area (Å²) in [6.45, 7) is 2.80. The summed E-state index contributed by atoms with van der Waals surface area (Å²) in [5, 5.41) is 3.18. The highest BCUT2D eigenvalue weighted by Crippen LogP contribution is 2.30. The van der Waals surface area contributed by atoms with Gasteiger partial charge in [-0.1, -0.05) is 6.42 Å². The Balaban J connectivity index is 2.13. The second-order valence-corrected chi connectivity index (χ2v) is 5.43. The molecule has 2 N–H and O–H groups in total. The van der Waals surface area contributed by atoms with Crippen molar-refractivity contribution in [3.8, 4) is 0 Å². The van der Waals surface area contributed by atoms with Gasteiger partial charge in [0, 0.05) is 31.3 Å². The van der Waals surface area contributed by atoms with E-state index in [2.05, 4.69) is 9.88 Å². The fourth-order valence-electron chi connectivity index (χ4n) is 2.44. The largest absolute Gasteiger partial charge is 0.383 e. The third-order valence-corrected chi connectivity index (χ3v) is 4.16. The van der Waals surface area contributed by atoms with Crippen LogP contribution in [-0.4, -0.2) is 42.7 Å². The molecule has 0 aliphatic carbocycles. The molecule has 1 saturated heterocycles. The number of thiazole rings is 1. The minimum atomic E-state index is 0.195. The maximum absolute atomic E-state index is 6.32. The molecule has 1 aliphatic heterocycles. The van der Waals surface area contributed by atoms with Gasteiger partial charge < -0.3 is 10.5 Å². The van der Waals surface area contributed by atoms with E-state index in [0.717, 1.165) is 31.1 Å². The second kappa shape index (κ2) is 6.44. The van der Waals surface area contributed by atoms with Gasteiger partial charge in [-0.15, -0.1) is 11.3 Å². The van der Waals surface area contributed by atoms with Crippen LogP contribution in [0.2, 0.25) is 0 Å². The quantitative estimate of drug-likeness (QED) is 0.888. The number of aromatic nitrogens is 1. The number of ether oxygens (including phenoxy) is 1. The van der Waals surface area contributed by atoms with Crippen LogP contribution in [0, 0.1) is 0 Å². The molecule has 2 unspecified atom stereocenters. The molecule has 96 valence electrons. The Hall–Kier alpha value is -0.490. The Kier molecular flexibility index (Phi) is 4.91. The topological polar surface area (TPSA) is 51.4 Å². The molecule has 0 saturated carbocycles. The van der Waals surface area contributed by atoms with E-state index in [1.807, 2.05) is 11.6 Å². The minimum Gasteiger partial charge on any atom is -0.383 e. The lowest BCUT2D eigenvalue weighted by Crippen LogP contribution is -2.41. The van der Waals surface area contributed by atoms with E-state index >= 15 is 0 Å². The summed E-state index contributed by atoms with van der Waals surface area (Å²) in [7, 11) is 1.75. The first-order chi connectivity index (χ1) is 8.33. The van der Waals surface area contributed by atoms with Crippen molar-refractivity contribution >= 4 is 11.3 Å². The van der Waals surface area contributed by atoms with Gasteiger partial charge in [0.2, 0.25) is 0 Å². The third-order valence-electron chi connectivity index (χ3n) is 3.32. The van der Waals surface area contributed by atoms with Crippen molar-refractivity contribution in [2.45, 2.75) is 31.3 Å². The summed E-state index contributed by atoms with van der Waals surface area (Å²) < 4.78 is 5.19. The van der Waals surface area contributed by atoms with Gasteiger partial charge in [-0.3, -0.25) is 4.90 Å². The van der Waals surface area contributed by atoms with Crippen LogP contribution in [0.15, 0.2) is 11.6 Å². The molecule has 0 spiro atoms. The Morgan fingerprint density at radius 1 is 1.59 bits per heavy atom. The summed E-state index contributed by atoms with van der Waals surface area (Å²) in [6, 6.07) is 0.466. The standard InChI is InChI=1S/C12H21N3OS/c1-16-8-7-15-6-3-2-4-10(13)11(15)12-14-5-9-17-12/h5,9-11H,2-4,6-8,13H2,1H3. The van der Waals surface area contributed by atoms with Gasteiger partial charge in [0.1, 0.15) is 5.01 Å². The smallest absolute Gasteiger partial charge is 0.111 e. The van der Waals surface area contributed by atoms with Gasteiger partial charge in [-0.2, -0.15) is 0 Å². The third kappa shape index (κ3) is 3.25. The van der Waals surface area contributed by atoms with Gasteiger partial charge in [0.25, 0.3) is 0 Å². The van der Waals surface area contributed by atoms with Crippen LogP contribution < -0.4 is 5.73 Å². The number of nitrogens with zero attached hydrogens (tertiary/aromatic N) is 2. The van der Waals surface area contributed by atoms with Gasteiger partial charge >= 0.3 is 0 Å². The predicted molar refractivity (Wildman–Crippen MR) is 70.1 cm³/mol. The molecule has 0 bridgehead atoms. The van der Waals surface area contributed by atoms with Gasteiger partial charge in [0.05, 0.1) is 12.6 Å². The Bertz CT molecular complexity index is 318. The Morgan fingerprint density at radius 3 is 3.18 bits per heavy atom. The van der Waals surface area contributed by atoms with Crippen molar-refractivity contribution in [3.05, 3.63) is 16.6 Å². The van der Waals surface area contributed by atoms with Crippen LogP contribution in [-0.2, 0) is 4.74 Å². The number of likely N-dealkylation sites (tertiary alicyclic amines) is 1. The van der Waals surface area contributed by atoms with Crippen LogP contribution in [0.25, 0.3) is 0 Å². The Labute approximate surface area is 107 Å². The number of methoxy groups -OCH3 is 1. The molecule has 1 aromatic heterocycles. The SMILES string of the molecule is COCCN1CCCCC(N)C1c1nccs1. The molecule has 17 heavy (non-hydrogen) atoms. The lowest BCUT2D eigenvalue weighted by Gasteiger charge is -2.31. The maximum Gasteiger partial charge on any atom is 0.111 e. The van der Waals surface area contributed by atoms with Crippen LogP contribution >= 0.6 is 11.3 Å². The van der Waals surface area contributed by atoms with Crippen LogP contribution in [0.4, 0.5) is 0 Å².